The highest BCUT2D eigenvalue weighted by molar-refractivity contribution is 8.03. The monoisotopic (exact) mass is 374 g/mol. The topological polar surface area (TPSA) is 26.3 Å². The zero-order valence-electron chi connectivity index (χ0n) is 17.2. The highest BCUT2D eigenvalue weighted by Crippen LogP contribution is 2.35. The van der Waals surface area contributed by atoms with Crippen molar-refractivity contribution in [3.05, 3.63) is 59.2 Å². The summed E-state index contributed by atoms with van der Waals surface area (Å²) in [5.74, 6) is 2.40. The molecule has 26 heavy (non-hydrogen) atoms. The van der Waals surface area contributed by atoms with E-state index in [1.807, 2.05) is 6.92 Å². The van der Waals surface area contributed by atoms with Crippen molar-refractivity contribution >= 4 is 17.5 Å². The predicted molar refractivity (Wildman–Crippen MR) is 114 cm³/mol. The molecule has 1 aromatic carbocycles. The summed E-state index contributed by atoms with van der Waals surface area (Å²) in [6.07, 6.45) is 1.11. The molecule has 2 nitrogen and oxygen atoms in total. The number of thioether (sulfide) groups is 1. The summed E-state index contributed by atoms with van der Waals surface area (Å²) >= 11 is 1.70. The van der Waals surface area contributed by atoms with E-state index < -0.39 is 0 Å². The van der Waals surface area contributed by atoms with E-state index in [2.05, 4.69) is 58.2 Å². The number of hydrogen-bond acceptors (Lipinski definition) is 3. The molecule has 0 saturated heterocycles. The van der Waals surface area contributed by atoms with Crippen LogP contribution in [-0.2, 0) is 16.0 Å². The Kier molecular flexibility index (Phi) is 9.21. The third-order valence-electron chi connectivity index (χ3n) is 4.98. The van der Waals surface area contributed by atoms with Gasteiger partial charge in [-0.25, -0.2) is 0 Å². The number of allylic oxidation sites excluding steroid dienone is 2. The summed E-state index contributed by atoms with van der Waals surface area (Å²) in [7, 11) is 1.61. The van der Waals surface area contributed by atoms with E-state index in [0.717, 1.165) is 17.1 Å². The van der Waals surface area contributed by atoms with Crippen LogP contribution in [0.25, 0.3) is 0 Å². The van der Waals surface area contributed by atoms with Crippen LogP contribution in [0.1, 0.15) is 51.7 Å². The molecule has 0 aliphatic rings. The van der Waals surface area contributed by atoms with Gasteiger partial charge in [-0.2, -0.15) is 0 Å². The summed E-state index contributed by atoms with van der Waals surface area (Å²) in [5.41, 5.74) is 2.65. The second-order valence-electron chi connectivity index (χ2n) is 7.51. The van der Waals surface area contributed by atoms with Gasteiger partial charge in [-0.05, 0) is 35.3 Å². The molecule has 3 heteroatoms. The molecule has 0 fully saturated rings. The van der Waals surface area contributed by atoms with E-state index in [4.69, 9.17) is 4.74 Å². The number of methoxy groups -OCH3 is 1. The summed E-state index contributed by atoms with van der Waals surface area (Å²) in [5, 5.41) is 0. The minimum absolute atomic E-state index is 0.000122. The molecular formula is C23H34O2S. The van der Waals surface area contributed by atoms with E-state index >= 15 is 0 Å². The standard InChI is InChI=1S/C23H34O2S/c1-15(2)13-21-9-11-22(12-10-21)17(4)20(7)26-14-23(19(6)25-8)16(3)18(5)24/h9-12,15-17,23H,6-7,13-14H2,1-5,8H3. The molecular weight excluding hydrogens is 340 g/mol. The highest BCUT2D eigenvalue weighted by Gasteiger charge is 2.25. The van der Waals surface area contributed by atoms with Gasteiger partial charge in [-0.15, -0.1) is 11.8 Å². The molecule has 0 amide bonds. The van der Waals surface area contributed by atoms with Crippen LogP contribution < -0.4 is 0 Å². The van der Waals surface area contributed by atoms with Crippen LogP contribution in [0.15, 0.2) is 48.1 Å². The largest absolute Gasteiger partial charge is 0.501 e. The Bertz CT molecular complexity index is 616. The highest BCUT2D eigenvalue weighted by atomic mass is 32.2. The van der Waals surface area contributed by atoms with Crippen molar-refractivity contribution in [3.63, 3.8) is 0 Å². The number of benzene rings is 1. The Morgan fingerprint density at radius 2 is 1.69 bits per heavy atom. The van der Waals surface area contributed by atoms with E-state index in [-0.39, 0.29) is 23.5 Å². The van der Waals surface area contributed by atoms with E-state index in [0.29, 0.717) is 11.7 Å². The Hall–Kier alpha value is -1.48. The van der Waals surface area contributed by atoms with Gasteiger partial charge in [0.05, 0.1) is 12.9 Å². The van der Waals surface area contributed by atoms with Crippen LogP contribution >= 0.6 is 11.8 Å². The average molecular weight is 375 g/mol. The fourth-order valence-electron chi connectivity index (χ4n) is 2.87. The minimum Gasteiger partial charge on any atom is -0.501 e. The van der Waals surface area contributed by atoms with E-state index in [9.17, 15) is 4.79 Å². The summed E-state index contributed by atoms with van der Waals surface area (Å²) in [6.45, 7) is 18.5. The van der Waals surface area contributed by atoms with Gasteiger partial charge in [0.1, 0.15) is 5.78 Å². The van der Waals surface area contributed by atoms with Gasteiger partial charge in [0.25, 0.3) is 0 Å². The smallest absolute Gasteiger partial charge is 0.133 e. The van der Waals surface area contributed by atoms with Crippen molar-refractivity contribution in [2.75, 3.05) is 12.9 Å². The predicted octanol–water partition coefficient (Wildman–Crippen LogP) is 6.24. The van der Waals surface area contributed by atoms with Gasteiger partial charge >= 0.3 is 0 Å². The molecule has 1 rings (SSSR count). The number of ether oxygens (including phenoxy) is 1. The van der Waals surface area contributed by atoms with Crippen molar-refractivity contribution in [3.8, 4) is 0 Å². The van der Waals surface area contributed by atoms with Crippen LogP contribution in [0.4, 0.5) is 0 Å². The molecule has 0 saturated carbocycles. The number of Topliss-reactive ketones (excluding diaryl/α,β-unsaturated/α-hetero) is 1. The number of carbonyl (C=O) groups is 1. The van der Waals surface area contributed by atoms with Gasteiger partial charge in [0.15, 0.2) is 0 Å². The van der Waals surface area contributed by atoms with Gasteiger partial charge in [-0.1, -0.05) is 65.1 Å². The summed E-state index contributed by atoms with van der Waals surface area (Å²) in [6, 6.07) is 8.85. The molecule has 0 heterocycles. The van der Waals surface area contributed by atoms with Gasteiger partial charge in [-0.3, -0.25) is 4.79 Å². The Morgan fingerprint density at radius 3 is 2.15 bits per heavy atom. The molecule has 0 aliphatic carbocycles. The molecule has 0 spiro atoms. The lowest BCUT2D eigenvalue weighted by atomic mass is 9.91. The van der Waals surface area contributed by atoms with Crippen LogP contribution in [-0.4, -0.2) is 18.6 Å². The molecule has 3 atom stereocenters. The van der Waals surface area contributed by atoms with Crippen molar-refractivity contribution in [2.45, 2.75) is 47.0 Å². The maximum absolute atomic E-state index is 11.8. The molecule has 3 unspecified atom stereocenters. The van der Waals surface area contributed by atoms with Crippen molar-refractivity contribution < 1.29 is 9.53 Å². The van der Waals surface area contributed by atoms with E-state index in [1.165, 1.54) is 11.1 Å². The first kappa shape index (κ1) is 22.6. The quantitative estimate of drug-likeness (QED) is 0.429. The molecule has 0 bridgehead atoms. The summed E-state index contributed by atoms with van der Waals surface area (Å²) < 4.78 is 5.32. The average Bonchev–Trinajstić information content (AvgIpc) is 2.60. The lowest BCUT2D eigenvalue weighted by Gasteiger charge is -2.24. The number of ketones is 1. The van der Waals surface area contributed by atoms with Crippen LogP contribution in [0, 0.1) is 17.8 Å². The second kappa shape index (κ2) is 10.6. The first-order valence-electron chi connectivity index (χ1n) is 9.31. The van der Waals surface area contributed by atoms with Crippen molar-refractivity contribution in [1.82, 2.24) is 0 Å². The first-order chi connectivity index (χ1) is 12.2. The van der Waals surface area contributed by atoms with Crippen molar-refractivity contribution in [1.29, 1.82) is 0 Å². The van der Waals surface area contributed by atoms with Gasteiger partial charge in [0, 0.05) is 23.5 Å². The van der Waals surface area contributed by atoms with Crippen LogP contribution in [0.5, 0.6) is 0 Å². The van der Waals surface area contributed by atoms with Crippen LogP contribution in [0.3, 0.4) is 0 Å². The number of rotatable bonds is 11. The normalized spacial score (nSPS) is 14.6. The molecule has 0 radical (unpaired) electrons. The Morgan fingerprint density at radius 1 is 1.12 bits per heavy atom. The zero-order valence-corrected chi connectivity index (χ0v) is 18.0. The lowest BCUT2D eigenvalue weighted by Crippen LogP contribution is -2.23. The zero-order chi connectivity index (χ0) is 19.9. The molecule has 0 aromatic heterocycles. The fourth-order valence-corrected chi connectivity index (χ4v) is 4.13. The maximum atomic E-state index is 11.8. The number of carbonyl (C=O) groups excluding carboxylic acids is 1. The summed E-state index contributed by atoms with van der Waals surface area (Å²) in [4.78, 5) is 12.9. The Balaban J connectivity index is 2.73. The maximum Gasteiger partial charge on any atom is 0.133 e. The minimum atomic E-state index is -0.103. The fraction of sp³-hybridized carbons (Fsp3) is 0.522. The lowest BCUT2D eigenvalue weighted by molar-refractivity contribution is -0.121. The Labute approximate surface area is 164 Å². The van der Waals surface area contributed by atoms with Crippen LogP contribution in [0.2, 0.25) is 0 Å². The molecule has 0 aliphatic heterocycles. The third-order valence-corrected chi connectivity index (χ3v) is 6.23. The third kappa shape index (κ3) is 6.68. The van der Waals surface area contributed by atoms with Gasteiger partial charge in [0.2, 0.25) is 0 Å². The molecule has 144 valence electrons. The molecule has 1 aromatic rings. The molecule has 0 N–H and O–H groups in total. The first-order valence-corrected chi connectivity index (χ1v) is 10.3. The second-order valence-corrected chi connectivity index (χ2v) is 8.66. The van der Waals surface area contributed by atoms with Crippen molar-refractivity contribution in [2.24, 2.45) is 17.8 Å². The van der Waals surface area contributed by atoms with Gasteiger partial charge < -0.3 is 4.74 Å². The number of hydrogen-bond donors (Lipinski definition) is 0. The van der Waals surface area contributed by atoms with E-state index in [1.54, 1.807) is 25.8 Å². The SMILES string of the molecule is C=C(SCC(C(=C)OC)C(C)C(C)=O)C(C)c1ccc(CC(C)C)cc1.